The molecule has 2 N–H and O–H groups in total. The molecular weight excluding hydrogens is 333 g/mol. The molecule has 0 saturated heterocycles. The molecule has 2 aromatic carbocycles. The first-order valence-corrected chi connectivity index (χ1v) is 6.74. The van der Waals surface area contributed by atoms with Crippen LogP contribution in [0.15, 0.2) is 28.7 Å². The lowest BCUT2D eigenvalue weighted by Crippen LogP contribution is -1.95. The lowest BCUT2D eigenvalue weighted by Gasteiger charge is -2.12. The van der Waals surface area contributed by atoms with E-state index in [9.17, 15) is 4.39 Å². The van der Waals surface area contributed by atoms with Crippen molar-refractivity contribution in [1.82, 2.24) is 0 Å². The highest BCUT2D eigenvalue weighted by Gasteiger charge is 2.10. The maximum atomic E-state index is 13.4. The molecule has 0 aliphatic rings. The Morgan fingerprint density at radius 1 is 1.16 bits per heavy atom. The van der Waals surface area contributed by atoms with Gasteiger partial charge in [-0.2, -0.15) is 0 Å². The third-order valence-corrected chi connectivity index (χ3v) is 4.23. The fourth-order valence-electron chi connectivity index (χ4n) is 1.72. The van der Waals surface area contributed by atoms with E-state index in [0.717, 1.165) is 15.6 Å². The number of benzene rings is 2. The van der Waals surface area contributed by atoms with Crippen LogP contribution >= 0.6 is 27.5 Å². The van der Waals surface area contributed by atoms with Crippen LogP contribution in [0.2, 0.25) is 5.02 Å². The standard InChI is InChI=1S/C14H12BrClFNO/c1-7-3-9(4-8(2)14(7)15)19-13-6-11(17)10(16)5-12(13)18/h3-6H,18H2,1-2H3. The van der Waals surface area contributed by atoms with E-state index in [0.29, 0.717) is 11.4 Å². The summed E-state index contributed by atoms with van der Waals surface area (Å²) in [4.78, 5) is 0. The topological polar surface area (TPSA) is 35.2 Å². The molecule has 0 aromatic heterocycles. The van der Waals surface area contributed by atoms with Crippen molar-refractivity contribution in [3.8, 4) is 11.5 Å². The van der Waals surface area contributed by atoms with Gasteiger partial charge in [0.15, 0.2) is 5.75 Å². The number of ether oxygens (including phenoxy) is 1. The summed E-state index contributed by atoms with van der Waals surface area (Å²) in [5.74, 6) is 0.297. The summed E-state index contributed by atoms with van der Waals surface area (Å²) in [6.07, 6.45) is 0. The predicted molar refractivity (Wildman–Crippen MR) is 79.5 cm³/mol. The van der Waals surface area contributed by atoms with E-state index in [-0.39, 0.29) is 10.8 Å². The van der Waals surface area contributed by atoms with Crippen molar-refractivity contribution in [3.05, 3.63) is 50.7 Å². The fraction of sp³-hybridized carbons (Fsp3) is 0.143. The molecule has 0 unspecified atom stereocenters. The summed E-state index contributed by atoms with van der Waals surface area (Å²) < 4.78 is 20.1. The maximum Gasteiger partial charge on any atom is 0.153 e. The van der Waals surface area contributed by atoms with Crippen LogP contribution < -0.4 is 10.5 Å². The maximum absolute atomic E-state index is 13.4. The smallest absolute Gasteiger partial charge is 0.153 e. The van der Waals surface area contributed by atoms with Crippen molar-refractivity contribution in [2.24, 2.45) is 0 Å². The molecule has 0 saturated carbocycles. The molecule has 0 heterocycles. The van der Waals surface area contributed by atoms with E-state index in [1.807, 2.05) is 26.0 Å². The molecule has 5 heteroatoms. The van der Waals surface area contributed by atoms with Gasteiger partial charge in [-0.05, 0) is 43.2 Å². The van der Waals surface area contributed by atoms with Gasteiger partial charge < -0.3 is 10.5 Å². The van der Waals surface area contributed by atoms with Gasteiger partial charge in [0, 0.05) is 10.5 Å². The summed E-state index contributed by atoms with van der Waals surface area (Å²) >= 11 is 9.12. The van der Waals surface area contributed by atoms with Crippen molar-refractivity contribution >= 4 is 33.2 Å². The summed E-state index contributed by atoms with van der Waals surface area (Å²) in [6.45, 7) is 3.91. The molecule has 19 heavy (non-hydrogen) atoms. The first kappa shape index (κ1) is 14.2. The van der Waals surface area contributed by atoms with Gasteiger partial charge in [0.1, 0.15) is 11.6 Å². The Morgan fingerprint density at radius 2 is 1.74 bits per heavy atom. The number of nitrogen functional groups attached to an aromatic ring is 1. The Bertz CT molecular complexity index is 623. The van der Waals surface area contributed by atoms with Crippen LogP contribution in [-0.4, -0.2) is 0 Å². The Labute approximate surface area is 124 Å². The highest BCUT2D eigenvalue weighted by atomic mass is 79.9. The molecule has 0 radical (unpaired) electrons. The highest BCUT2D eigenvalue weighted by Crippen LogP contribution is 2.34. The summed E-state index contributed by atoms with van der Waals surface area (Å²) in [7, 11) is 0. The Balaban J connectivity index is 2.39. The lowest BCUT2D eigenvalue weighted by molar-refractivity contribution is 0.478. The number of rotatable bonds is 2. The SMILES string of the molecule is Cc1cc(Oc2cc(F)c(Cl)cc2N)cc(C)c1Br. The Hall–Kier alpha value is -1.26. The van der Waals surface area contributed by atoms with Gasteiger partial charge in [-0.25, -0.2) is 4.39 Å². The average Bonchev–Trinajstić information content (AvgIpc) is 2.33. The molecule has 0 bridgehead atoms. The van der Waals surface area contributed by atoms with Crippen LogP contribution in [0.4, 0.5) is 10.1 Å². The van der Waals surface area contributed by atoms with Crippen molar-refractivity contribution in [2.45, 2.75) is 13.8 Å². The van der Waals surface area contributed by atoms with Gasteiger partial charge in [0.25, 0.3) is 0 Å². The van der Waals surface area contributed by atoms with Crippen LogP contribution in [0, 0.1) is 19.7 Å². The molecule has 0 atom stereocenters. The minimum absolute atomic E-state index is 0.0204. The first-order chi connectivity index (χ1) is 8.88. The van der Waals surface area contributed by atoms with E-state index < -0.39 is 5.82 Å². The lowest BCUT2D eigenvalue weighted by atomic mass is 10.1. The monoisotopic (exact) mass is 343 g/mol. The van der Waals surface area contributed by atoms with Crippen LogP contribution in [0.5, 0.6) is 11.5 Å². The van der Waals surface area contributed by atoms with Crippen LogP contribution in [-0.2, 0) is 0 Å². The Morgan fingerprint density at radius 3 is 2.32 bits per heavy atom. The summed E-state index contributed by atoms with van der Waals surface area (Å²) in [5, 5.41) is -0.0204. The number of nitrogens with two attached hydrogens (primary N) is 1. The van der Waals surface area contributed by atoms with Crippen LogP contribution in [0.1, 0.15) is 11.1 Å². The molecule has 0 aliphatic heterocycles. The molecule has 100 valence electrons. The zero-order valence-electron chi connectivity index (χ0n) is 10.4. The van der Waals surface area contributed by atoms with Gasteiger partial charge in [-0.3, -0.25) is 0 Å². The fourth-order valence-corrected chi connectivity index (χ4v) is 2.13. The number of anilines is 1. The van der Waals surface area contributed by atoms with Gasteiger partial charge in [0.2, 0.25) is 0 Å². The van der Waals surface area contributed by atoms with Crippen molar-refractivity contribution in [3.63, 3.8) is 0 Å². The van der Waals surface area contributed by atoms with Crippen LogP contribution in [0.3, 0.4) is 0 Å². The summed E-state index contributed by atoms with van der Waals surface area (Å²) in [6, 6.07) is 6.22. The molecule has 0 amide bonds. The molecule has 0 aliphatic carbocycles. The number of aryl methyl sites for hydroxylation is 2. The number of halogens is 3. The number of hydrogen-bond acceptors (Lipinski definition) is 2. The average molecular weight is 345 g/mol. The van der Waals surface area contributed by atoms with Crippen LogP contribution in [0.25, 0.3) is 0 Å². The quantitative estimate of drug-likeness (QED) is 0.757. The van der Waals surface area contributed by atoms with E-state index >= 15 is 0 Å². The molecule has 2 rings (SSSR count). The minimum Gasteiger partial charge on any atom is -0.455 e. The van der Waals surface area contributed by atoms with Crippen molar-refractivity contribution < 1.29 is 9.13 Å². The second kappa shape index (κ2) is 5.39. The normalized spacial score (nSPS) is 10.6. The van der Waals surface area contributed by atoms with E-state index in [1.165, 1.54) is 12.1 Å². The molecular formula is C14H12BrClFNO. The van der Waals surface area contributed by atoms with Gasteiger partial charge in [-0.15, -0.1) is 0 Å². The second-order valence-corrected chi connectivity index (χ2v) is 5.48. The number of hydrogen-bond donors (Lipinski definition) is 1. The van der Waals surface area contributed by atoms with E-state index in [1.54, 1.807) is 0 Å². The van der Waals surface area contributed by atoms with Crippen molar-refractivity contribution in [1.29, 1.82) is 0 Å². The van der Waals surface area contributed by atoms with E-state index in [4.69, 9.17) is 22.1 Å². The van der Waals surface area contributed by atoms with Gasteiger partial charge >= 0.3 is 0 Å². The molecule has 2 nitrogen and oxygen atoms in total. The largest absolute Gasteiger partial charge is 0.455 e. The molecule has 2 aromatic rings. The summed E-state index contributed by atoms with van der Waals surface area (Å²) in [5.41, 5.74) is 8.12. The zero-order chi connectivity index (χ0) is 14.2. The minimum atomic E-state index is -0.559. The van der Waals surface area contributed by atoms with E-state index in [2.05, 4.69) is 15.9 Å². The molecule has 0 spiro atoms. The predicted octanol–water partition coefficient (Wildman–Crippen LogP) is 5.23. The third kappa shape index (κ3) is 3.01. The Kier molecular flexibility index (Phi) is 4.02. The second-order valence-electron chi connectivity index (χ2n) is 4.28. The zero-order valence-corrected chi connectivity index (χ0v) is 12.8. The van der Waals surface area contributed by atoms with Gasteiger partial charge in [-0.1, -0.05) is 27.5 Å². The third-order valence-electron chi connectivity index (χ3n) is 2.69. The highest BCUT2D eigenvalue weighted by molar-refractivity contribution is 9.10. The van der Waals surface area contributed by atoms with Crippen molar-refractivity contribution in [2.75, 3.05) is 5.73 Å². The molecule has 0 fully saturated rings. The first-order valence-electron chi connectivity index (χ1n) is 5.57. The van der Waals surface area contributed by atoms with Gasteiger partial charge in [0.05, 0.1) is 10.7 Å².